The summed E-state index contributed by atoms with van der Waals surface area (Å²) in [5, 5.41) is 12.2. The minimum atomic E-state index is -3.50. The zero-order valence-electron chi connectivity index (χ0n) is 10.7. The zero-order valence-corrected chi connectivity index (χ0v) is 11.5. The maximum absolute atomic E-state index is 12.4. The highest BCUT2D eigenvalue weighted by atomic mass is 32.2. The molecule has 6 nitrogen and oxygen atoms in total. The van der Waals surface area contributed by atoms with Gasteiger partial charge in [-0.25, -0.2) is 8.42 Å². The second-order valence-corrected chi connectivity index (χ2v) is 6.44. The first kappa shape index (κ1) is 14.0. The molecule has 1 unspecified atom stereocenters. The van der Waals surface area contributed by atoms with E-state index < -0.39 is 10.0 Å². The van der Waals surface area contributed by atoms with Crippen LogP contribution in [0.5, 0.6) is 0 Å². The molecule has 0 bridgehead atoms. The number of hydrogen-bond donors (Lipinski definition) is 1. The molecule has 1 atom stereocenters. The Morgan fingerprint density at radius 2 is 2.37 bits per heavy atom. The van der Waals surface area contributed by atoms with Gasteiger partial charge in [0.2, 0.25) is 10.0 Å². The largest absolute Gasteiger partial charge is 0.411 e. The van der Waals surface area contributed by atoms with Crippen LogP contribution in [0.15, 0.2) is 34.6 Å². The van der Waals surface area contributed by atoms with Gasteiger partial charge in [0.25, 0.3) is 0 Å². The van der Waals surface area contributed by atoms with Crippen molar-refractivity contribution in [3.63, 3.8) is 0 Å². The van der Waals surface area contributed by atoms with Crippen molar-refractivity contribution >= 4 is 15.7 Å². The Bertz CT molecular complexity index is 557. The molecule has 1 aliphatic heterocycles. The van der Waals surface area contributed by atoms with Crippen LogP contribution in [0, 0.1) is 5.92 Å². The molecular weight excluding hydrogens is 266 g/mol. The SMILES string of the molecule is CCC1CN(S(=O)(=O)c2cccnc2)CC/C1=N\O. The molecule has 1 saturated heterocycles. The normalized spacial score (nSPS) is 23.6. The van der Waals surface area contributed by atoms with Gasteiger partial charge in [0.05, 0.1) is 5.71 Å². The van der Waals surface area contributed by atoms with Crippen LogP contribution in [0.4, 0.5) is 0 Å². The van der Waals surface area contributed by atoms with Crippen LogP contribution < -0.4 is 0 Å². The van der Waals surface area contributed by atoms with Crippen molar-refractivity contribution in [3.8, 4) is 0 Å². The highest BCUT2D eigenvalue weighted by Gasteiger charge is 2.32. The molecule has 0 amide bonds. The van der Waals surface area contributed by atoms with E-state index in [1.807, 2.05) is 6.92 Å². The average molecular weight is 283 g/mol. The molecule has 104 valence electrons. The number of sulfonamides is 1. The van der Waals surface area contributed by atoms with Crippen LogP contribution in [0.3, 0.4) is 0 Å². The number of piperidine rings is 1. The Hall–Kier alpha value is -1.47. The fourth-order valence-electron chi connectivity index (χ4n) is 2.25. The number of rotatable bonds is 3. The Balaban J connectivity index is 2.24. The van der Waals surface area contributed by atoms with Gasteiger partial charge in [0.15, 0.2) is 0 Å². The van der Waals surface area contributed by atoms with Crippen LogP contribution in [0.2, 0.25) is 0 Å². The first-order chi connectivity index (χ1) is 9.09. The monoisotopic (exact) mass is 283 g/mol. The second kappa shape index (κ2) is 5.66. The van der Waals surface area contributed by atoms with Crippen molar-refractivity contribution in [2.75, 3.05) is 13.1 Å². The summed E-state index contributed by atoms with van der Waals surface area (Å²) >= 11 is 0. The van der Waals surface area contributed by atoms with Gasteiger partial charge in [0, 0.05) is 37.8 Å². The molecule has 1 aromatic rings. The summed E-state index contributed by atoms with van der Waals surface area (Å²) in [5.41, 5.74) is 0.681. The molecule has 1 aliphatic rings. The molecule has 0 aliphatic carbocycles. The summed E-state index contributed by atoms with van der Waals surface area (Å²) in [4.78, 5) is 4.05. The molecule has 1 fully saturated rings. The Labute approximate surface area is 112 Å². The minimum Gasteiger partial charge on any atom is -0.411 e. The quantitative estimate of drug-likeness (QED) is 0.670. The number of nitrogens with zero attached hydrogens (tertiary/aromatic N) is 3. The maximum Gasteiger partial charge on any atom is 0.244 e. The van der Waals surface area contributed by atoms with Gasteiger partial charge >= 0.3 is 0 Å². The summed E-state index contributed by atoms with van der Waals surface area (Å²) in [6.45, 7) is 2.65. The summed E-state index contributed by atoms with van der Waals surface area (Å²) < 4.78 is 26.3. The van der Waals surface area contributed by atoms with Gasteiger partial charge in [-0.3, -0.25) is 4.98 Å². The van der Waals surface area contributed by atoms with Gasteiger partial charge in [-0.15, -0.1) is 0 Å². The molecule has 0 radical (unpaired) electrons. The van der Waals surface area contributed by atoms with E-state index in [2.05, 4.69) is 10.1 Å². The molecule has 0 aromatic carbocycles. The van der Waals surface area contributed by atoms with E-state index in [1.54, 1.807) is 18.3 Å². The average Bonchev–Trinajstić information content (AvgIpc) is 2.47. The molecule has 1 aromatic heterocycles. The Morgan fingerprint density at radius 1 is 1.58 bits per heavy atom. The maximum atomic E-state index is 12.4. The standard InChI is InChI=1S/C12H17N3O3S/c1-2-10-9-15(7-5-12(10)14-16)19(17,18)11-4-3-6-13-8-11/h3-4,6,8,10,16H,2,5,7,9H2,1H3/b14-12+. The first-order valence-corrected chi connectivity index (χ1v) is 7.64. The predicted octanol–water partition coefficient (Wildman–Crippen LogP) is 1.33. The Kier molecular flexibility index (Phi) is 4.16. The van der Waals surface area contributed by atoms with Crippen molar-refractivity contribution in [1.29, 1.82) is 0 Å². The summed E-state index contributed by atoms with van der Waals surface area (Å²) in [7, 11) is -3.50. The van der Waals surface area contributed by atoms with Crippen molar-refractivity contribution in [2.45, 2.75) is 24.7 Å². The molecule has 0 spiro atoms. The van der Waals surface area contributed by atoms with E-state index in [4.69, 9.17) is 5.21 Å². The van der Waals surface area contributed by atoms with Crippen LogP contribution in [-0.2, 0) is 10.0 Å². The van der Waals surface area contributed by atoms with Gasteiger partial charge in [-0.2, -0.15) is 4.31 Å². The number of pyridine rings is 1. The lowest BCUT2D eigenvalue weighted by atomic mass is 9.95. The van der Waals surface area contributed by atoms with Gasteiger partial charge in [-0.05, 0) is 18.6 Å². The molecule has 2 rings (SSSR count). The summed E-state index contributed by atoms with van der Waals surface area (Å²) in [6, 6.07) is 3.15. The highest BCUT2D eigenvalue weighted by molar-refractivity contribution is 7.89. The molecule has 1 N–H and O–H groups in total. The predicted molar refractivity (Wildman–Crippen MR) is 70.6 cm³/mol. The van der Waals surface area contributed by atoms with Gasteiger partial charge in [-0.1, -0.05) is 12.1 Å². The van der Waals surface area contributed by atoms with Crippen LogP contribution in [0.1, 0.15) is 19.8 Å². The van der Waals surface area contributed by atoms with Crippen molar-refractivity contribution in [3.05, 3.63) is 24.5 Å². The summed E-state index contributed by atoms with van der Waals surface area (Å²) in [6.07, 6.45) is 4.11. The van der Waals surface area contributed by atoms with Gasteiger partial charge in [0.1, 0.15) is 4.90 Å². The van der Waals surface area contributed by atoms with Gasteiger partial charge < -0.3 is 5.21 Å². The third kappa shape index (κ3) is 2.76. The van der Waals surface area contributed by atoms with E-state index >= 15 is 0 Å². The third-order valence-electron chi connectivity index (χ3n) is 3.41. The van der Waals surface area contributed by atoms with E-state index in [-0.39, 0.29) is 10.8 Å². The van der Waals surface area contributed by atoms with Crippen molar-refractivity contribution in [2.24, 2.45) is 11.1 Å². The molecule has 7 heteroatoms. The number of aromatic nitrogens is 1. The lowest BCUT2D eigenvalue weighted by Crippen LogP contribution is -2.43. The molecular formula is C12H17N3O3S. The fraction of sp³-hybridized carbons (Fsp3) is 0.500. The van der Waals surface area contributed by atoms with Crippen LogP contribution in [-0.4, -0.2) is 41.7 Å². The van der Waals surface area contributed by atoms with E-state index in [1.165, 1.54) is 10.5 Å². The van der Waals surface area contributed by atoms with E-state index in [9.17, 15) is 8.42 Å². The minimum absolute atomic E-state index is 0.0230. The van der Waals surface area contributed by atoms with Crippen molar-refractivity contribution in [1.82, 2.24) is 9.29 Å². The topological polar surface area (TPSA) is 82.9 Å². The van der Waals surface area contributed by atoms with E-state index in [0.29, 0.717) is 25.2 Å². The third-order valence-corrected chi connectivity index (χ3v) is 5.25. The summed E-state index contributed by atoms with van der Waals surface area (Å²) in [5.74, 6) is -0.0230. The second-order valence-electron chi connectivity index (χ2n) is 4.50. The smallest absolute Gasteiger partial charge is 0.244 e. The highest BCUT2D eigenvalue weighted by Crippen LogP contribution is 2.23. The lowest BCUT2D eigenvalue weighted by Gasteiger charge is -2.31. The van der Waals surface area contributed by atoms with Crippen LogP contribution >= 0.6 is 0 Å². The zero-order chi connectivity index (χ0) is 13.9. The lowest BCUT2D eigenvalue weighted by molar-refractivity contribution is 0.295. The van der Waals surface area contributed by atoms with E-state index in [0.717, 1.165) is 6.42 Å². The first-order valence-electron chi connectivity index (χ1n) is 6.20. The van der Waals surface area contributed by atoms with Crippen molar-refractivity contribution < 1.29 is 13.6 Å². The Morgan fingerprint density at radius 3 is 2.95 bits per heavy atom. The molecule has 19 heavy (non-hydrogen) atoms. The van der Waals surface area contributed by atoms with Crippen LogP contribution in [0.25, 0.3) is 0 Å². The number of hydrogen-bond acceptors (Lipinski definition) is 5. The fourth-order valence-corrected chi connectivity index (χ4v) is 3.70. The number of oxime groups is 1. The molecule has 2 heterocycles. The molecule has 0 saturated carbocycles.